The van der Waals surface area contributed by atoms with Crippen LogP contribution < -0.4 is 0 Å². The van der Waals surface area contributed by atoms with Crippen LogP contribution in [0.5, 0.6) is 0 Å². The summed E-state index contributed by atoms with van der Waals surface area (Å²) >= 11 is 0. The molecule has 0 aromatic rings. The van der Waals surface area contributed by atoms with Gasteiger partial charge < -0.3 is 2.85 Å². The summed E-state index contributed by atoms with van der Waals surface area (Å²) < 4.78 is 0. The first-order valence-corrected chi connectivity index (χ1v) is 0. The zero-order valence-electron chi connectivity index (χ0n) is 3.89. The van der Waals surface area contributed by atoms with Gasteiger partial charge in [0.15, 0.2) is 0 Å². The maximum Gasteiger partial charge on any atom is 2.00 e. The summed E-state index contributed by atoms with van der Waals surface area (Å²) in [6.45, 7) is 0. The van der Waals surface area contributed by atoms with Crippen molar-refractivity contribution in [1.29, 1.82) is 0 Å². The number of hydrogen-bond donors (Lipinski definition) is 0. The molecule has 0 aliphatic rings. The van der Waals surface area contributed by atoms with Gasteiger partial charge in [-0.1, -0.05) is 0 Å². The average Bonchev–Trinajstić information content (AvgIpc) is 0. The minimum Gasteiger partial charge on any atom is -1.00 e. The summed E-state index contributed by atoms with van der Waals surface area (Å²) in [7, 11) is 0. The van der Waals surface area contributed by atoms with Crippen LogP contribution in [0.2, 0.25) is 0 Å². The molecule has 0 saturated carbocycles. The van der Waals surface area contributed by atoms with E-state index in [0.717, 1.165) is 0 Å². The van der Waals surface area contributed by atoms with Crippen LogP contribution in [0.3, 0.4) is 0 Å². The van der Waals surface area contributed by atoms with E-state index in [1.54, 1.807) is 0 Å². The van der Waals surface area contributed by atoms with Gasteiger partial charge in [-0.05, 0) is 0 Å². The third-order valence-corrected chi connectivity index (χ3v) is 0. The van der Waals surface area contributed by atoms with E-state index in [4.69, 9.17) is 0 Å². The summed E-state index contributed by atoms with van der Waals surface area (Å²) in [6.07, 6.45) is 0. The Labute approximate surface area is 81.7 Å². The first-order chi connectivity index (χ1) is 0. The molecule has 0 amide bonds. The van der Waals surface area contributed by atoms with Crippen molar-refractivity contribution in [2.24, 2.45) is 0 Å². The monoisotopic (exact) mass is 223 g/mol. The van der Waals surface area contributed by atoms with E-state index in [2.05, 4.69) is 0 Å². The van der Waals surface area contributed by atoms with Crippen molar-refractivity contribution < 1.29 is 42.3 Å². The Hall–Kier alpha value is 2.56. The summed E-state index contributed by atoms with van der Waals surface area (Å²) in [5.41, 5.74) is 0. The van der Waals surface area contributed by atoms with Gasteiger partial charge in [0.25, 0.3) is 0 Å². The number of rotatable bonds is 0. The minimum atomic E-state index is 0. The van der Waals surface area contributed by atoms with Crippen LogP contribution in [0.15, 0.2) is 0 Å². The van der Waals surface area contributed by atoms with Crippen molar-refractivity contribution in [3.8, 4) is 0 Å². The Bertz CT molecular complexity index is 13.5. The van der Waals surface area contributed by atoms with Gasteiger partial charge in [-0.15, -0.1) is 0 Å². The fourth-order valence-electron chi connectivity index (χ4n) is 0. The van der Waals surface area contributed by atoms with Gasteiger partial charge in [-0.2, -0.15) is 0 Å². The van der Waals surface area contributed by atoms with Crippen molar-refractivity contribution in [2.75, 3.05) is 0 Å². The Kier molecular flexibility index (Phi) is 137. The molecule has 0 unspecified atom stereocenters. The van der Waals surface area contributed by atoms with E-state index < -0.39 is 0 Å². The molecule has 0 saturated heterocycles. The van der Waals surface area contributed by atoms with Crippen molar-refractivity contribution in [2.45, 2.75) is 0 Å². The summed E-state index contributed by atoms with van der Waals surface area (Å²) in [4.78, 5) is 0. The van der Waals surface area contributed by atoms with Crippen molar-refractivity contribution in [3.05, 3.63) is 0 Å². The standard InChI is InChI=1S/Ag.Al.Cu.Mg.2H/q;;;+2;2*-1. The molecule has 0 heterocycles. The molecule has 0 spiro atoms. The van der Waals surface area contributed by atoms with Gasteiger partial charge in [-0.25, -0.2) is 0 Å². The maximum absolute atomic E-state index is 0. The molecular weight excluding hydrogens is 223 g/mol. The zero-order chi connectivity index (χ0) is 0. The van der Waals surface area contributed by atoms with Crippen LogP contribution in [0, 0.1) is 0 Å². The zero-order valence-corrected chi connectivity index (χ0v) is 6.88. The van der Waals surface area contributed by atoms with Gasteiger partial charge in [0.05, 0.1) is 0 Å². The Morgan fingerprint density at radius 3 is 1.25 bits per heavy atom. The first-order valence-electron chi connectivity index (χ1n) is 0. The van der Waals surface area contributed by atoms with E-state index in [1.807, 2.05) is 0 Å². The molecule has 0 aromatic heterocycles. The fraction of sp³-hybridized carbons (Fsp3) is 0. The Balaban J connectivity index is 0. The van der Waals surface area contributed by atoms with Crippen LogP contribution in [0.4, 0.5) is 0 Å². The molecule has 0 rings (SSSR count). The second kappa shape index (κ2) is 17.6. The van der Waals surface area contributed by atoms with Crippen molar-refractivity contribution in [1.82, 2.24) is 0 Å². The molecular formula is H2AgAlCuMg. The smallest absolute Gasteiger partial charge is 1.00 e. The van der Waals surface area contributed by atoms with Crippen LogP contribution in [0.1, 0.15) is 2.85 Å². The molecule has 4 heavy (non-hydrogen) atoms. The Morgan fingerprint density at radius 1 is 1.25 bits per heavy atom. The van der Waals surface area contributed by atoms with E-state index in [0.29, 0.717) is 0 Å². The van der Waals surface area contributed by atoms with E-state index in [-0.39, 0.29) is 82.7 Å². The maximum atomic E-state index is 0. The predicted octanol–water partition coefficient (Wildman–Crippen LogP) is -0.542. The molecule has 0 atom stereocenters. The second-order valence-electron chi connectivity index (χ2n) is 0. The van der Waals surface area contributed by atoms with Gasteiger partial charge >= 0.3 is 23.1 Å². The van der Waals surface area contributed by atoms with Crippen LogP contribution >= 0.6 is 0 Å². The largest absolute Gasteiger partial charge is 2.00 e. The molecule has 0 nitrogen and oxygen atoms in total. The molecule has 0 bridgehead atoms. The predicted molar refractivity (Wildman–Crippen MR) is 13.7 cm³/mol. The summed E-state index contributed by atoms with van der Waals surface area (Å²) in [6, 6.07) is 0. The molecule has 0 aliphatic carbocycles. The molecule has 4 heteroatoms. The van der Waals surface area contributed by atoms with E-state index >= 15 is 0 Å². The quantitative estimate of drug-likeness (QED) is 0.485. The van der Waals surface area contributed by atoms with Crippen LogP contribution in [-0.2, 0) is 39.4 Å². The topological polar surface area (TPSA) is 0 Å². The van der Waals surface area contributed by atoms with Gasteiger partial charge in [-0.3, -0.25) is 0 Å². The Morgan fingerprint density at radius 2 is 1.25 bits per heavy atom. The fourth-order valence-corrected chi connectivity index (χ4v) is 0. The second-order valence-corrected chi connectivity index (χ2v) is 0. The van der Waals surface area contributed by atoms with Crippen molar-refractivity contribution in [3.63, 3.8) is 0 Å². The minimum absolute atomic E-state index is 0. The third kappa shape index (κ3) is 8.82. The van der Waals surface area contributed by atoms with E-state index in [9.17, 15) is 0 Å². The van der Waals surface area contributed by atoms with E-state index in [1.165, 1.54) is 0 Å². The summed E-state index contributed by atoms with van der Waals surface area (Å²) in [5, 5.41) is 0. The van der Waals surface area contributed by atoms with Crippen LogP contribution in [-0.4, -0.2) is 40.4 Å². The first kappa shape index (κ1) is 31.0. The molecule has 5 radical (unpaired) electrons. The molecule has 0 N–H and O–H groups in total. The number of hydrogen-bond acceptors (Lipinski definition) is 0. The van der Waals surface area contributed by atoms with Gasteiger partial charge in [0.2, 0.25) is 0 Å². The average molecular weight is 225 g/mol. The summed E-state index contributed by atoms with van der Waals surface area (Å²) in [5.74, 6) is 0. The molecule has 0 aliphatic heterocycles. The molecule has 29 valence electrons. The van der Waals surface area contributed by atoms with Crippen LogP contribution in [0.25, 0.3) is 0 Å². The molecule has 0 aromatic carbocycles. The van der Waals surface area contributed by atoms with Gasteiger partial charge in [0.1, 0.15) is 0 Å². The normalized spacial score (nSPS) is 0. The molecule has 0 fully saturated rings. The SMILES string of the molecule is [Ag].[Al].[Cu].[H-].[H-].[Mg+2]. The van der Waals surface area contributed by atoms with Crippen molar-refractivity contribution >= 4 is 40.4 Å². The van der Waals surface area contributed by atoms with Gasteiger partial charge in [0, 0.05) is 56.8 Å². The third-order valence-electron chi connectivity index (χ3n) is 0.